The molecular weight excluding hydrogens is 596 g/mol. The van der Waals surface area contributed by atoms with Gasteiger partial charge in [-0.25, -0.2) is 19.7 Å². The van der Waals surface area contributed by atoms with Gasteiger partial charge in [0.05, 0.1) is 29.1 Å². The average Bonchev–Trinajstić information content (AvgIpc) is 3.23. The summed E-state index contributed by atoms with van der Waals surface area (Å²) in [4.78, 5) is 28.3. The molecule has 0 bridgehead atoms. The third-order valence-electron chi connectivity index (χ3n) is 8.04. The van der Waals surface area contributed by atoms with Gasteiger partial charge in [0.1, 0.15) is 17.4 Å². The van der Waals surface area contributed by atoms with Crippen LogP contribution < -0.4 is 15.0 Å². The van der Waals surface area contributed by atoms with Crippen LogP contribution in [0.4, 0.5) is 22.1 Å². The molecule has 0 aliphatic carbocycles. The van der Waals surface area contributed by atoms with Gasteiger partial charge in [-0.2, -0.15) is 5.26 Å². The number of nitrogens with one attached hydrogen (secondary N) is 1. The highest BCUT2D eigenvalue weighted by Crippen LogP contribution is 2.47. The first-order chi connectivity index (χ1) is 20.4. The summed E-state index contributed by atoms with van der Waals surface area (Å²) in [5.41, 5.74) is 2.17. The second kappa shape index (κ2) is 12.0. The zero-order chi connectivity index (χ0) is 32.7. The Hall–Kier alpha value is -3.72. The third-order valence-corrected chi connectivity index (χ3v) is 12.7. The first-order valence-corrected chi connectivity index (χ1v) is 17.7. The number of hydrogen-bond donors (Lipinski definition) is 1. The van der Waals surface area contributed by atoms with Crippen molar-refractivity contribution in [2.45, 2.75) is 77.6 Å². The molecule has 12 heteroatoms. The maximum atomic E-state index is 13.5. The first-order valence-electron chi connectivity index (χ1n) is 14.4. The molecule has 0 radical (unpaired) electrons. The number of methoxy groups -OCH3 is 1. The molecule has 0 saturated carbocycles. The van der Waals surface area contributed by atoms with E-state index in [0.717, 1.165) is 5.56 Å². The van der Waals surface area contributed by atoms with Crippen LogP contribution in [0.2, 0.25) is 23.2 Å². The van der Waals surface area contributed by atoms with E-state index in [1.54, 1.807) is 29.3 Å². The highest BCUT2D eigenvalue weighted by Gasteiger charge is 2.47. The van der Waals surface area contributed by atoms with E-state index in [1.165, 1.54) is 13.3 Å². The maximum absolute atomic E-state index is 13.5. The van der Waals surface area contributed by atoms with Crippen molar-refractivity contribution in [2.24, 2.45) is 0 Å². The number of ether oxygens (including phenoxy) is 2. The van der Waals surface area contributed by atoms with Crippen LogP contribution >= 0.6 is 11.6 Å². The molecule has 1 aromatic carbocycles. The van der Waals surface area contributed by atoms with Crippen molar-refractivity contribution in [3.8, 4) is 23.2 Å². The third kappa shape index (κ3) is 6.98. The van der Waals surface area contributed by atoms with Gasteiger partial charge in [-0.05, 0) is 68.7 Å². The Balaban J connectivity index is 1.80. The average molecular weight is 637 g/mol. The minimum atomic E-state index is -2.14. The number of nitrogens with zero attached hydrogens (tertiary/aromatic N) is 5. The Kier molecular flexibility index (Phi) is 9.04. The summed E-state index contributed by atoms with van der Waals surface area (Å²) in [6.45, 7) is 19.2. The molecular formula is C32H41ClN6O4Si. The summed E-state index contributed by atoms with van der Waals surface area (Å²) < 4.78 is 17.8. The Bertz CT molecular complexity index is 1610. The Morgan fingerprint density at radius 1 is 1.18 bits per heavy atom. The molecule has 234 valence electrons. The quantitative estimate of drug-likeness (QED) is 0.258. The summed E-state index contributed by atoms with van der Waals surface area (Å²) in [5.74, 6) is 0.635. The highest BCUT2D eigenvalue weighted by molar-refractivity contribution is 6.74. The molecule has 1 amide bonds. The van der Waals surface area contributed by atoms with Crippen LogP contribution in [0.25, 0.3) is 11.3 Å². The van der Waals surface area contributed by atoms with E-state index >= 15 is 0 Å². The summed E-state index contributed by atoms with van der Waals surface area (Å²) >= 11 is 6.16. The predicted molar refractivity (Wildman–Crippen MR) is 175 cm³/mol. The number of hydrogen-bond acceptors (Lipinski definition) is 9. The van der Waals surface area contributed by atoms with Crippen LogP contribution in [0.1, 0.15) is 59.6 Å². The maximum Gasteiger partial charge on any atom is 0.414 e. The van der Waals surface area contributed by atoms with Gasteiger partial charge in [-0.15, -0.1) is 0 Å². The SMILES string of the molecule is COc1ncc(Cl)cc1Nc1nccc(-c2cc(C#N)c3c(c2)C(C)(CO[Si](C)(C)C(C)(C)C)CN3C(=O)OC(C)(C)C)n1. The fourth-order valence-corrected chi connectivity index (χ4v) is 5.93. The molecule has 0 fully saturated rings. The van der Waals surface area contributed by atoms with Crippen molar-refractivity contribution in [3.63, 3.8) is 0 Å². The van der Waals surface area contributed by atoms with E-state index in [2.05, 4.69) is 62.1 Å². The van der Waals surface area contributed by atoms with Crippen molar-refractivity contribution in [1.29, 1.82) is 5.26 Å². The van der Waals surface area contributed by atoms with E-state index < -0.39 is 25.4 Å². The monoisotopic (exact) mass is 636 g/mol. The topological polar surface area (TPSA) is 122 Å². The molecule has 1 atom stereocenters. The Morgan fingerprint density at radius 2 is 1.89 bits per heavy atom. The molecule has 44 heavy (non-hydrogen) atoms. The summed E-state index contributed by atoms with van der Waals surface area (Å²) in [6, 6.07) is 9.49. The molecule has 1 aliphatic rings. The Morgan fingerprint density at radius 3 is 2.50 bits per heavy atom. The van der Waals surface area contributed by atoms with Gasteiger partial charge in [-0.3, -0.25) is 4.90 Å². The largest absolute Gasteiger partial charge is 0.480 e. The van der Waals surface area contributed by atoms with Crippen LogP contribution in [-0.4, -0.2) is 55.2 Å². The second-order valence-corrected chi connectivity index (χ2v) is 19.1. The highest BCUT2D eigenvalue weighted by atomic mass is 35.5. The van der Waals surface area contributed by atoms with E-state index in [1.807, 2.05) is 26.8 Å². The number of benzene rings is 1. The molecule has 0 saturated heterocycles. The summed E-state index contributed by atoms with van der Waals surface area (Å²) in [5, 5.41) is 13.9. The molecule has 3 aromatic rings. The van der Waals surface area contributed by atoms with Gasteiger partial charge >= 0.3 is 6.09 Å². The number of halogens is 1. The van der Waals surface area contributed by atoms with Gasteiger partial charge in [0.2, 0.25) is 11.8 Å². The number of pyridine rings is 1. The predicted octanol–water partition coefficient (Wildman–Crippen LogP) is 7.85. The van der Waals surface area contributed by atoms with Crippen molar-refractivity contribution in [3.05, 3.63) is 52.8 Å². The number of aromatic nitrogens is 3. The smallest absolute Gasteiger partial charge is 0.414 e. The molecule has 4 rings (SSSR count). The standard InChI is InChI=1S/C32H41ClN6O4Si/c1-30(2,3)43-29(40)39-18-32(7,19-42-44(9,10)31(4,5)6)23-14-20(13-21(16-34)26(23)39)24-11-12-35-28(37-24)38-25-15-22(33)17-36-27(25)41-8/h11-15,17H,18-19H2,1-10H3,(H,35,37,38). The number of carbonyl (C=O) groups excluding carboxylic acids is 1. The van der Waals surface area contributed by atoms with E-state index in [0.29, 0.717) is 58.2 Å². The molecule has 0 spiro atoms. The number of carbonyl (C=O) groups is 1. The molecule has 3 heterocycles. The minimum absolute atomic E-state index is 0.000844. The van der Waals surface area contributed by atoms with Gasteiger partial charge in [0.25, 0.3) is 0 Å². The lowest BCUT2D eigenvalue weighted by Gasteiger charge is -2.39. The van der Waals surface area contributed by atoms with Crippen LogP contribution in [0, 0.1) is 11.3 Å². The molecule has 1 unspecified atom stereocenters. The lowest BCUT2D eigenvalue weighted by molar-refractivity contribution is 0.0575. The number of amides is 1. The normalized spacial score (nSPS) is 16.7. The molecule has 2 aromatic heterocycles. The molecule has 1 N–H and O–H groups in total. The zero-order valence-corrected chi connectivity index (χ0v) is 28.9. The van der Waals surface area contributed by atoms with Gasteiger partial charge in [-0.1, -0.05) is 39.3 Å². The number of anilines is 3. The lowest BCUT2D eigenvalue weighted by atomic mass is 9.83. The van der Waals surface area contributed by atoms with Crippen molar-refractivity contribution in [2.75, 3.05) is 30.5 Å². The van der Waals surface area contributed by atoms with Crippen LogP contribution in [0.5, 0.6) is 5.88 Å². The van der Waals surface area contributed by atoms with E-state index in [9.17, 15) is 10.1 Å². The van der Waals surface area contributed by atoms with Crippen molar-refractivity contribution < 1.29 is 18.7 Å². The zero-order valence-electron chi connectivity index (χ0n) is 27.1. The fraction of sp³-hybridized carbons (Fsp3) is 0.469. The van der Waals surface area contributed by atoms with Gasteiger partial charge < -0.3 is 19.2 Å². The van der Waals surface area contributed by atoms with Crippen molar-refractivity contribution >= 4 is 43.3 Å². The van der Waals surface area contributed by atoms with Crippen LogP contribution in [0.3, 0.4) is 0 Å². The van der Waals surface area contributed by atoms with E-state index in [-0.39, 0.29) is 5.04 Å². The van der Waals surface area contributed by atoms with Crippen LogP contribution in [-0.2, 0) is 14.6 Å². The fourth-order valence-electron chi connectivity index (χ4n) is 4.66. The van der Waals surface area contributed by atoms with Gasteiger partial charge in [0.15, 0.2) is 8.32 Å². The van der Waals surface area contributed by atoms with E-state index in [4.69, 9.17) is 30.5 Å². The lowest BCUT2D eigenvalue weighted by Crippen LogP contribution is -2.46. The number of rotatable bonds is 7. The molecule has 10 nitrogen and oxygen atoms in total. The number of fused-ring (bicyclic) bond motifs is 1. The van der Waals surface area contributed by atoms with Crippen molar-refractivity contribution in [1.82, 2.24) is 15.0 Å². The Labute approximate surface area is 265 Å². The minimum Gasteiger partial charge on any atom is -0.480 e. The first kappa shape index (κ1) is 33.2. The van der Waals surface area contributed by atoms with Gasteiger partial charge in [0, 0.05) is 36.5 Å². The summed E-state index contributed by atoms with van der Waals surface area (Å²) in [6.07, 6.45) is 2.61. The second-order valence-electron chi connectivity index (χ2n) is 13.8. The number of nitriles is 1. The molecule has 1 aliphatic heterocycles. The van der Waals surface area contributed by atoms with Crippen LogP contribution in [0.15, 0.2) is 36.7 Å². The summed E-state index contributed by atoms with van der Waals surface area (Å²) in [7, 11) is -0.625.